The van der Waals surface area contributed by atoms with Crippen LogP contribution in [0.3, 0.4) is 0 Å². The van der Waals surface area contributed by atoms with Crippen molar-refractivity contribution in [2.45, 2.75) is 13.0 Å². The summed E-state index contributed by atoms with van der Waals surface area (Å²) in [6.45, 7) is 1.44. The molecule has 1 atom stereocenters. The van der Waals surface area contributed by atoms with Gasteiger partial charge in [0.1, 0.15) is 6.04 Å². The highest BCUT2D eigenvalue weighted by atomic mass is 19.1. The summed E-state index contributed by atoms with van der Waals surface area (Å²) in [6.07, 6.45) is 1.23. The Morgan fingerprint density at radius 2 is 2.25 bits per heavy atom. The van der Waals surface area contributed by atoms with Crippen molar-refractivity contribution in [2.75, 3.05) is 7.11 Å². The zero-order valence-corrected chi connectivity index (χ0v) is 8.86. The van der Waals surface area contributed by atoms with Crippen LogP contribution in [-0.2, 0) is 9.53 Å². The van der Waals surface area contributed by atoms with Gasteiger partial charge in [0.15, 0.2) is 0 Å². The Kier molecular flexibility index (Phi) is 3.93. The highest BCUT2D eigenvalue weighted by Crippen LogP contribution is 2.03. The van der Waals surface area contributed by atoms with Crippen molar-refractivity contribution in [2.24, 2.45) is 0 Å². The predicted molar refractivity (Wildman–Crippen MR) is 53.1 cm³/mol. The van der Waals surface area contributed by atoms with Gasteiger partial charge >= 0.3 is 5.97 Å². The first-order chi connectivity index (χ1) is 7.56. The van der Waals surface area contributed by atoms with Crippen LogP contribution in [0.15, 0.2) is 18.3 Å². The van der Waals surface area contributed by atoms with Gasteiger partial charge in [-0.2, -0.15) is 4.39 Å². The van der Waals surface area contributed by atoms with E-state index in [9.17, 15) is 14.0 Å². The Hall–Kier alpha value is -1.98. The number of hydrogen-bond acceptors (Lipinski definition) is 4. The third-order valence-electron chi connectivity index (χ3n) is 1.91. The van der Waals surface area contributed by atoms with Crippen molar-refractivity contribution < 1.29 is 18.7 Å². The van der Waals surface area contributed by atoms with Crippen LogP contribution in [0.5, 0.6) is 0 Å². The third-order valence-corrected chi connectivity index (χ3v) is 1.91. The quantitative estimate of drug-likeness (QED) is 0.602. The van der Waals surface area contributed by atoms with Crippen molar-refractivity contribution in [1.29, 1.82) is 0 Å². The fourth-order valence-electron chi connectivity index (χ4n) is 1.07. The third kappa shape index (κ3) is 2.75. The number of pyridine rings is 1. The lowest BCUT2D eigenvalue weighted by molar-refractivity contribution is -0.142. The summed E-state index contributed by atoms with van der Waals surface area (Å²) >= 11 is 0. The number of methoxy groups -OCH3 is 1. The number of hydrogen-bond donors (Lipinski definition) is 1. The van der Waals surface area contributed by atoms with E-state index in [0.717, 1.165) is 0 Å². The number of nitrogens with one attached hydrogen (secondary N) is 1. The number of ether oxygens (including phenoxy) is 1. The molecule has 0 radical (unpaired) electrons. The molecule has 0 aliphatic carbocycles. The first-order valence-electron chi connectivity index (χ1n) is 4.55. The summed E-state index contributed by atoms with van der Waals surface area (Å²) in [5.41, 5.74) is -0.210. The lowest BCUT2D eigenvalue weighted by Gasteiger charge is -2.11. The minimum Gasteiger partial charge on any atom is -0.467 e. The smallest absolute Gasteiger partial charge is 0.328 e. The Morgan fingerprint density at radius 1 is 1.56 bits per heavy atom. The van der Waals surface area contributed by atoms with Gasteiger partial charge in [0.2, 0.25) is 5.95 Å². The first-order valence-corrected chi connectivity index (χ1v) is 4.55. The summed E-state index contributed by atoms with van der Waals surface area (Å²) in [5, 5.41) is 2.29. The number of esters is 1. The van der Waals surface area contributed by atoms with Crippen LogP contribution >= 0.6 is 0 Å². The molecule has 1 amide bonds. The highest BCUT2D eigenvalue weighted by molar-refractivity contribution is 5.96. The number of aromatic nitrogens is 1. The zero-order valence-electron chi connectivity index (χ0n) is 8.86. The van der Waals surface area contributed by atoms with E-state index in [1.807, 2.05) is 0 Å². The molecule has 1 aromatic heterocycles. The van der Waals surface area contributed by atoms with Gasteiger partial charge in [-0.25, -0.2) is 9.78 Å². The van der Waals surface area contributed by atoms with E-state index in [1.165, 1.54) is 32.4 Å². The molecule has 0 saturated carbocycles. The number of amides is 1. The van der Waals surface area contributed by atoms with Gasteiger partial charge in [-0.1, -0.05) is 0 Å². The second kappa shape index (κ2) is 5.20. The van der Waals surface area contributed by atoms with Gasteiger partial charge in [-0.3, -0.25) is 4.79 Å². The average molecular weight is 226 g/mol. The lowest BCUT2D eigenvalue weighted by atomic mass is 10.2. The van der Waals surface area contributed by atoms with Crippen LogP contribution in [0.25, 0.3) is 0 Å². The van der Waals surface area contributed by atoms with E-state index in [1.54, 1.807) is 0 Å². The Bertz CT molecular complexity index is 409. The molecular formula is C10H11FN2O3. The fourth-order valence-corrected chi connectivity index (χ4v) is 1.07. The minimum absolute atomic E-state index is 0.210. The van der Waals surface area contributed by atoms with E-state index in [-0.39, 0.29) is 5.56 Å². The van der Waals surface area contributed by atoms with Gasteiger partial charge in [-0.15, -0.1) is 0 Å². The molecule has 0 fully saturated rings. The van der Waals surface area contributed by atoms with Gasteiger partial charge < -0.3 is 10.1 Å². The van der Waals surface area contributed by atoms with Crippen LogP contribution in [0, 0.1) is 5.95 Å². The Morgan fingerprint density at radius 3 is 2.81 bits per heavy atom. The molecule has 0 bridgehead atoms. The number of carbonyl (C=O) groups excluding carboxylic acids is 2. The molecule has 86 valence electrons. The molecule has 5 nitrogen and oxygen atoms in total. The normalized spacial score (nSPS) is 11.7. The first kappa shape index (κ1) is 12.1. The maximum absolute atomic E-state index is 13.1. The van der Waals surface area contributed by atoms with Crippen molar-refractivity contribution in [3.63, 3.8) is 0 Å². The van der Waals surface area contributed by atoms with Gasteiger partial charge in [-0.05, 0) is 19.1 Å². The summed E-state index contributed by atoms with van der Waals surface area (Å²) in [6, 6.07) is 1.87. The molecule has 0 aliphatic rings. The molecule has 1 aromatic rings. The number of carbonyl (C=O) groups is 2. The van der Waals surface area contributed by atoms with Crippen molar-refractivity contribution >= 4 is 11.9 Å². The Balaban J connectivity index is 2.73. The van der Waals surface area contributed by atoms with E-state index < -0.39 is 23.9 Å². The highest BCUT2D eigenvalue weighted by Gasteiger charge is 2.19. The largest absolute Gasteiger partial charge is 0.467 e. The molecule has 0 unspecified atom stereocenters. The SMILES string of the molecule is COC(=O)[C@H](C)NC(=O)c1cccnc1F. The van der Waals surface area contributed by atoms with Crippen LogP contribution in [0.2, 0.25) is 0 Å². The summed E-state index contributed by atoms with van der Waals surface area (Å²) in [4.78, 5) is 25.8. The van der Waals surface area contributed by atoms with Crippen LogP contribution < -0.4 is 5.32 Å². The average Bonchev–Trinajstić information content (AvgIpc) is 2.28. The minimum atomic E-state index is -0.878. The van der Waals surface area contributed by atoms with E-state index in [4.69, 9.17) is 0 Å². The van der Waals surface area contributed by atoms with E-state index >= 15 is 0 Å². The van der Waals surface area contributed by atoms with Crippen molar-refractivity contribution in [1.82, 2.24) is 10.3 Å². The number of rotatable bonds is 3. The van der Waals surface area contributed by atoms with Crippen molar-refractivity contribution in [3.05, 3.63) is 29.8 Å². The molecule has 1 rings (SSSR count). The lowest BCUT2D eigenvalue weighted by Crippen LogP contribution is -2.39. The Labute approximate surface area is 91.6 Å². The van der Waals surface area contributed by atoms with Gasteiger partial charge in [0.05, 0.1) is 12.7 Å². The maximum Gasteiger partial charge on any atom is 0.328 e. The molecule has 0 aliphatic heterocycles. The predicted octanol–water partition coefficient (Wildman–Crippen LogP) is 0.512. The molecular weight excluding hydrogens is 215 g/mol. The molecule has 0 saturated heterocycles. The number of nitrogens with zero attached hydrogens (tertiary/aromatic N) is 1. The second-order valence-electron chi connectivity index (χ2n) is 3.06. The van der Waals surface area contributed by atoms with Crippen LogP contribution in [-0.4, -0.2) is 30.0 Å². The van der Waals surface area contributed by atoms with Gasteiger partial charge in [0, 0.05) is 6.20 Å². The molecule has 0 aromatic carbocycles. The molecule has 16 heavy (non-hydrogen) atoms. The van der Waals surface area contributed by atoms with Crippen molar-refractivity contribution in [3.8, 4) is 0 Å². The van der Waals surface area contributed by atoms with E-state index in [0.29, 0.717) is 0 Å². The van der Waals surface area contributed by atoms with E-state index in [2.05, 4.69) is 15.0 Å². The van der Waals surface area contributed by atoms with Gasteiger partial charge in [0.25, 0.3) is 5.91 Å². The molecule has 6 heteroatoms. The fraction of sp³-hybridized carbons (Fsp3) is 0.300. The summed E-state index contributed by atoms with van der Waals surface area (Å²) < 4.78 is 17.5. The molecule has 0 spiro atoms. The maximum atomic E-state index is 13.1. The van der Waals surface area contributed by atoms with Crippen LogP contribution in [0.1, 0.15) is 17.3 Å². The van der Waals surface area contributed by atoms with Crippen LogP contribution in [0.4, 0.5) is 4.39 Å². The standard InChI is InChI=1S/C10H11FN2O3/c1-6(10(15)16-2)13-9(14)7-4-3-5-12-8(7)11/h3-6H,1-2H3,(H,13,14)/t6-/m0/s1. The number of halogens is 1. The summed E-state index contributed by atoms with van der Waals surface area (Å²) in [7, 11) is 1.20. The topological polar surface area (TPSA) is 68.3 Å². The monoisotopic (exact) mass is 226 g/mol. The second-order valence-corrected chi connectivity index (χ2v) is 3.06. The summed E-state index contributed by atoms with van der Waals surface area (Å²) in [5.74, 6) is -2.18. The zero-order chi connectivity index (χ0) is 12.1. The molecule has 1 heterocycles. The molecule has 1 N–H and O–H groups in total.